The van der Waals surface area contributed by atoms with Crippen LogP contribution in [0.2, 0.25) is 0 Å². The molecule has 5 heteroatoms. The topological polar surface area (TPSA) is 70.2 Å². The quantitative estimate of drug-likeness (QED) is 0.654. The van der Waals surface area contributed by atoms with Gasteiger partial charge in [-0.1, -0.05) is 26.0 Å². The summed E-state index contributed by atoms with van der Waals surface area (Å²) in [6, 6.07) is 7.59. The number of carbonyl (C=O) groups is 2. The molecule has 2 rings (SSSR count). The molecule has 1 fully saturated rings. The fourth-order valence-corrected chi connectivity index (χ4v) is 2.32. The van der Waals surface area contributed by atoms with E-state index in [1.807, 2.05) is 38.1 Å². The number of nitrogens with one attached hydrogen (secondary N) is 3. The number of benzene rings is 1. The van der Waals surface area contributed by atoms with Crippen molar-refractivity contribution in [2.45, 2.75) is 39.7 Å². The van der Waals surface area contributed by atoms with Gasteiger partial charge >= 0.3 is 0 Å². The Morgan fingerprint density at radius 3 is 2.70 bits per heavy atom. The summed E-state index contributed by atoms with van der Waals surface area (Å²) in [5, 5.41) is 8.95. The van der Waals surface area contributed by atoms with Crippen molar-refractivity contribution in [1.82, 2.24) is 10.6 Å². The Hall–Kier alpha value is -1.88. The van der Waals surface area contributed by atoms with E-state index in [4.69, 9.17) is 0 Å². The first-order valence-corrected chi connectivity index (χ1v) is 8.39. The maximum absolute atomic E-state index is 11.8. The van der Waals surface area contributed by atoms with Crippen LogP contribution in [0.4, 0.5) is 5.69 Å². The number of anilines is 1. The lowest BCUT2D eigenvalue weighted by Gasteiger charge is -2.10. The van der Waals surface area contributed by atoms with Gasteiger partial charge in [-0.2, -0.15) is 0 Å². The zero-order chi connectivity index (χ0) is 16.7. The molecule has 23 heavy (non-hydrogen) atoms. The van der Waals surface area contributed by atoms with E-state index in [1.165, 1.54) is 12.8 Å². The van der Waals surface area contributed by atoms with Crippen LogP contribution >= 0.6 is 0 Å². The number of rotatable bonds is 9. The van der Waals surface area contributed by atoms with E-state index in [9.17, 15) is 9.59 Å². The smallest absolute Gasteiger partial charge is 0.234 e. The highest BCUT2D eigenvalue weighted by Gasteiger charge is 2.20. The third kappa shape index (κ3) is 7.28. The van der Waals surface area contributed by atoms with Crippen molar-refractivity contribution >= 4 is 17.5 Å². The van der Waals surface area contributed by atoms with Crippen LogP contribution in [0.3, 0.4) is 0 Å². The van der Waals surface area contributed by atoms with Crippen molar-refractivity contribution in [3.05, 3.63) is 29.8 Å². The second kappa shape index (κ2) is 8.67. The van der Waals surface area contributed by atoms with E-state index in [2.05, 4.69) is 16.0 Å². The Balaban J connectivity index is 1.72. The van der Waals surface area contributed by atoms with Crippen LogP contribution in [0.25, 0.3) is 0 Å². The summed E-state index contributed by atoms with van der Waals surface area (Å²) in [4.78, 5) is 23.5. The van der Waals surface area contributed by atoms with E-state index >= 15 is 0 Å². The molecule has 3 N–H and O–H groups in total. The molecule has 0 unspecified atom stereocenters. The van der Waals surface area contributed by atoms with Crippen LogP contribution in [-0.4, -0.2) is 24.9 Å². The van der Waals surface area contributed by atoms with Crippen LogP contribution in [0.15, 0.2) is 24.3 Å². The van der Waals surface area contributed by atoms with Crippen LogP contribution < -0.4 is 16.0 Å². The molecule has 0 aliphatic heterocycles. The molecule has 0 aromatic heterocycles. The zero-order valence-corrected chi connectivity index (χ0v) is 14.0. The highest BCUT2D eigenvalue weighted by molar-refractivity contribution is 5.90. The lowest BCUT2D eigenvalue weighted by molar-refractivity contribution is -0.120. The maximum atomic E-state index is 11.8. The first-order valence-electron chi connectivity index (χ1n) is 8.39. The molecule has 2 amide bonds. The van der Waals surface area contributed by atoms with Gasteiger partial charge in [0.15, 0.2) is 0 Å². The van der Waals surface area contributed by atoms with Gasteiger partial charge in [0.25, 0.3) is 0 Å². The van der Waals surface area contributed by atoms with Gasteiger partial charge in [0.05, 0.1) is 6.54 Å². The Labute approximate surface area is 138 Å². The normalized spacial score (nSPS) is 13.9. The summed E-state index contributed by atoms with van der Waals surface area (Å²) >= 11 is 0. The van der Waals surface area contributed by atoms with Crippen molar-refractivity contribution in [2.75, 3.05) is 18.4 Å². The summed E-state index contributed by atoms with van der Waals surface area (Å²) in [5.41, 5.74) is 1.75. The maximum Gasteiger partial charge on any atom is 0.234 e. The molecular weight excluding hydrogens is 290 g/mol. The third-order valence-electron chi connectivity index (χ3n) is 3.71. The Morgan fingerprint density at radius 1 is 1.22 bits per heavy atom. The molecule has 0 bridgehead atoms. The minimum Gasteiger partial charge on any atom is -0.351 e. The number of hydrogen-bond acceptors (Lipinski definition) is 3. The summed E-state index contributed by atoms with van der Waals surface area (Å²) in [7, 11) is 0. The number of carbonyl (C=O) groups excluding carboxylic acids is 2. The average Bonchev–Trinajstić information content (AvgIpc) is 3.29. The Morgan fingerprint density at radius 2 is 2.00 bits per heavy atom. The highest BCUT2D eigenvalue weighted by atomic mass is 16.2. The van der Waals surface area contributed by atoms with Crippen LogP contribution in [0.1, 0.15) is 38.7 Å². The summed E-state index contributed by atoms with van der Waals surface area (Å²) < 4.78 is 0. The van der Waals surface area contributed by atoms with Gasteiger partial charge in [0.1, 0.15) is 0 Å². The molecule has 1 aliphatic rings. The van der Waals surface area contributed by atoms with E-state index < -0.39 is 0 Å². The van der Waals surface area contributed by atoms with Crippen LogP contribution in [0, 0.1) is 11.8 Å². The molecule has 0 spiro atoms. The fourth-order valence-electron chi connectivity index (χ4n) is 2.32. The predicted molar refractivity (Wildman–Crippen MR) is 92.0 cm³/mol. The number of amides is 2. The largest absolute Gasteiger partial charge is 0.351 e. The average molecular weight is 317 g/mol. The summed E-state index contributed by atoms with van der Waals surface area (Å²) in [6.07, 6.45) is 3.07. The number of hydrogen-bond donors (Lipinski definition) is 3. The first kappa shape index (κ1) is 17.5. The lowest BCUT2D eigenvalue weighted by atomic mass is 10.1. The molecule has 0 heterocycles. The minimum absolute atomic E-state index is 0.0000959. The summed E-state index contributed by atoms with van der Waals surface area (Å²) in [5.74, 6) is 1.12. The van der Waals surface area contributed by atoms with E-state index in [0.29, 0.717) is 25.4 Å². The standard InChI is InChI=1S/C18H27N3O2/c1-13(2)8-17(22)21-16-5-3-4-15(9-16)11-20-18(23)12-19-10-14-6-7-14/h3-5,9,13-14,19H,6-8,10-12H2,1-2H3,(H,20,23)(H,21,22). The molecule has 5 nitrogen and oxygen atoms in total. The first-order chi connectivity index (χ1) is 11.0. The van der Waals surface area contributed by atoms with E-state index in [-0.39, 0.29) is 11.8 Å². The molecule has 0 atom stereocenters. The zero-order valence-electron chi connectivity index (χ0n) is 14.0. The van der Waals surface area contributed by atoms with Crippen molar-refractivity contribution in [1.29, 1.82) is 0 Å². The Bertz CT molecular complexity index is 539. The SMILES string of the molecule is CC(C)CC(=O)Nc1cccc(CNC(=O)CNCC2CC2)c1. The van der Waals surface area contributed by atoms with Gasteiger partial charge < -0.3 is 16.0 Å². The van der Waals surface area contributed by atoms with Crippen molar-refractivity contribution in [3.8, 4) is 0 Å². The fraction of sp³-hybridized carbons (Fsp3) is 0.556. The molecular formula is C18H27N3O2. The molecule has 126 valence electrons. The molecule has 1 saturated carbocycles. The van der Waals surface area contributed by atoms with Gasteiger partial charge in [-0.3, -0.25) is 9.59 Å². The van der Waals surface area contributed by atoms with Crippen molar-refractivity contribution in [3.63, 3.8) is 0 Å². The van der Waals surface area contributed by atoms with Gasteiger partial charge in [0, 0.05) is 18.7 Å². The van der Waals surface area contributed by atoms with Crippen LogP contribution in [-0.2, 0) is 16.1 Å². The monoisotopic (exact) mass is 317 g/mol. The van der Waals surface area contributed by atoms with Crippen LogP contribution in [0.5, 0.6) is 0 Å². The van der Waals surface area contributed by atoms with E-state index in [0.717, 1.165) is 23.7 Å². The third-order valence-corrected chi connectivity index (χ3v) is 3.71. The Kier molecular flexibility index (Phi) is 6.59. The molecule has 0 saturated heterocycles. The van der Waals surface area contributed by atoms with Gasteiger partial charge in [-0.15, -0.1) is 0 Å². The molecule has 1 aromatic rings. The molecule has 1 aliphatic carbocycles. The van der Waals surface area contributed by atoms with E-state index in [1.54, 1.807) is 0 Å². The minimum atomic E-state index is -0.0000959. The molecule has 0 radical (unpaired) electrons. The second-order valence-corrected chi connectivity index (χ2v) is 6.70. The van der Waals surface area contributed by atoms with Gasteiger partial charge in [-0.25, -0.2) is 0 Å². The molecule has 1 aromatic carbocycles. The van der Waals surface area contributed by atoms with Crippen molar-refractivity contribution in [2.24, 2.45) is 11.8 Å². The highest BCUT2D eigenvalue weighted by Crippen LogP contribution is 2.27. The van der Waals surface area contributed by atoms with Gasteiger partial charge in [0.2, 0.25) is 11.8 Å². The summed E-state index contributed by atoms with van der Waals surface area (Å²) in [6.45, 7) is 5.80. The lowest BCUT2D eigenvalue weighted by Crippen LogP contribution is -2.34. The second-order valence-electron chi connectivity index (χ2n) is 6.70. The predicted octanol–water partition coefficient (Wildman–Crippen LogP) is 2.29. The van der Waals surface area contributed by atoms with Crippen molar-refractivity contribution < 1.29 is 9.59 Å². The van der Waals surface area contributed by atoms with Gasteiger partial charge in [-0.05, 0) is 48.9 Å².